The molecular formula is C13H22N4. The Kier molecular flexibility index (Phi) is 4.45. The Morgan fingerprint density at radius 3 is 2.94 bits per heavy atom. The molecule has 0 aromatic carbocycles. The molecule has 1 saturated heterocycles. The highest BCUT2D eigenvalue weighted by molar-refractivity contribution is 4.90. The van der Waals surface area contributed by atoms with Gasteiger partial charge in [0.05, 0.1) is 6.54 Å². The molecule has 0 spiro atoms. The van der Waals surface area contributed by atoms with Gasteiger partial charge in [-0.25, -0.2) is 9.97 Å². The summed E-state index contributed by atoms with van der Waals surface area (Å²) in [6.07, 6.45) is 4.86. The summed E-state index contributed by atoms with van der Waals surface area (Å²) in [5, 5.41) is 3.60. The maximum Gasteiger partial charge on any atom is 0.142 e. The summed E-state index contributed by atoms with van der Waals surface area (Å²) in [5.41, 5.74) is 0. The van der Waals surface area contributed by atoms with Crippen molar-refractivity contribution in [2.75, 3.05) is 19.6 Å². The Bertz CT molecular complexity index is 327. The zero-order valence-electron chi connectivity index (χ0n) is 10.8. The predicted octanol–water partition coefficient (Wildman–Crippen LogP) is 1.30. The molecule has 1 N–H and O–H groups in total. The van der Waals surface area contributed by atoms with Gasteiger partial charge in [0.2, 0.25) is 0 Å². The summed E-state index contributed by atoms with van der Waals surface area (Å²) in [4.78, 5) is 11.0. The lowest BCUT2D eigenvalue weighted by Gasteiger charge is -2.36. The number of hydrogen-bond donors (Lipinski definition) is 1. The fraction of sp³-hybridized carbons (Fsp3) is 0.692. The van der Waals surface area contributed by atoms with Gasteiger partial charge in [0, 0.05) is 38.1 Å². The maximum atomic E-state index is 4.29. The Morgan fingerprint density at radius 2 is 2.24 bits per heavy atom. The summed E-state index contributed by atoms with van der Waals surface area (Å²) in [5.74, 6) is 1.66. The van der Waals surface area contributed by atoms with E-state index in [1.807, 2.05) is 18.5 Å². The van der Waals surface area contributed by atoms with Crippen molar-refractivity contribution in [1.82, 2.24) is 20.2 Å². The van der Waals surface area contributed by atoms with Crippen molar-refractivity contribution in [3.63, 3.8) is 0 Å². The summed E-state index contributed by atoms with van der Waals surface area (Å²) in [7, 11) is 0. The monoisotopic (exact) mass is 234 g/mol. The second-order valence-corrected chi connectivity index (χ2v) is 4.85. The SMILES string of the molecule is CCC(C)C1CN(Cc2ncccn2)CCN1. The first-order chi connectivity index (χ1) is 8.29. The number of nitrogens with one attached hydrogen (secondary N) is 1. The molecule has 1 aliphatic heterocycles. The van der Waals surface area contributed by atoms with Crippen LogP contribution in [0.15, 0.2) is 18.5 Å². The zero-order chi connectivity index (χ0) is 12.1. The van der Waals surface area contributed by atoms with Crippen molar-refractivity contribution >= 4 is 0 Å². The zero-order valence-corrected chi connectivity index (χ0v) is 10.8. The molecule has 0 bridgehead atoms. The predicted molar refractivity (Wildman–Crippen MR) is 68.6 cm³/mol. The standard InChI is InChI=1S/C13H22N4/c1-3-11(2)12-9-17(8-7-14-12)10-13-15-5-4-6-16-13/h4-6,11-12,14H,3,7-10H2,1-2H3. The Morgan fingerprint density at radius 1 is 1.47 bits per heavy atom. The van der Waals surface area contributed by atoms with E-state index >= 15 is 0 Å². The van der Waals surface area contributed by atoms with E-state index < -0.39 is 0 Å². The fourth-order valence-electron chi connectivity index (χ4n) is 2.26. The number of hydrogen-bond acceptors (Lipinski definition) is 4. The van der Waals surface area contributed by atoms with Gasteiger partial charge in [-0.2, -0.15) is 0 Å². The second kappa shape index (κ2) is 6.07. The Hall–Kier alpha value is -1.00. The lowest BCUT2D eigenvalue weighted by atomic mass is 9.97. The Balaban J connectivity index is 1.89. The summed E-state index contributed by atoms with van der Waals surface area (Å²) in [6.45, 7) is 8.71. The van der Waals surface area contributed by atoms with Gasteiger partial charge in [0.1, 0.15) is 5.82 Å². The van der Waals surface area contributed by atoms with Crippen molar-refractivity contribution < 1.29 is 0 Å². The van der Waals surface area contributed by atoms with E-state index in [1.54, 1.807) is 0 Å². The third-order valence-corrected chi connectivity index (χ3v) is 3.60. The molecule has 2 rings (SSSR count). The van der Waals surface area contributed by atoms with Crippen molar-refractivity contribution in [1.29, 1.82) is 0 Å². The first-order valence-electron chi connectivity index (χ1n) is 6.51. The van der Waals surface area contributed by atoms with Crippen LogP contribution in [-0.4, -0.2) is 40.5 Å². The molecule has 1 aliphatic rings. The van der Waals surface area contributed by atoms with Crippen LogP contribution >= 0.6 is 0 Å². The lowest BCUT2D eigenvalue weighted by Crippen LogP contribution is -2.52. The van der Waals surface area contributed by atoms with E-state index in [2.05, 4.69) is 34.0 Å². The number of aromatic nitrogens is 2. The van der Waals surface area contributed by atoms with Gasteiger partial charge in [-0.3, -0.25) is 4.90 Å². The van der Waals surface area contributed by atoms with Crippen LogP contribution in [0.1, 0.15) is 26.1 Å². The van der Waals surface area contributed by atoms with Crippen LogP contribution in [0.2, 0.25) is 0 Å². The molecule has 2 atom stereocenters. The molecule has 94 valence electrons. The van der Waals surface area contributed by atoms with Crippen LogP contribution < -0.4 is 5.32 Å². The molecule has 2 unspecified atom stereocenters. The minimum atomic E-state index is 0.609. The molecule has 1 aromatic rings. The summed E-state index contributed by atoms with van der Waals surface area (Å²) in [6, 6.07) is 2.47. The lowest BCUT2D eigenvalue weighted by molar-refractivity contribution is 0.159. The maximum absolute atomic E-state index is 4.29. The van der Waals surface area contributed by atoms with Crippen molar-refractivity contribution in [3.05, 3.63) is 24.3 Å². The van der Waals surface area contributed by atoms with E-state index in [0.717, 1.165) is 37.9 Å². The topological polar surface area (TPSA) is 41.1 Å². The summed E-state index contributed by atoms with van der Waals surface area (Å²) < 4.78 is 0. The van der Waals surface area contributed by atoms with Gasteiger partial charge in [-0.05, 0) is 12.0 Å². The molecule has 0 saturated carbocycles. The van der Waals surface area contributed by atoms with Crippen LogP contribution in [0.4, 0.5) is 0 Å². The van der Waals surface area contributed by atoms with Crippen LogP contribution in [0, 0.1) is 5.92 Å². The molecule has 0 radical (unpaired) electrons. The number of rotatable bonds is 4. The van der Waals surface area contributed by atoms with Crippen LogP contribution in [0.3, 0.4) is 0 Å². The third kappa shape index (κ3) is 3.48. The van der Waals surface area contributed by atoms with Crippen LogP contribution in [-0.2, 0) is 6.54 Å². The molecule has 17 heavy (non-hydrogen) atoms. The summed E-state index contributed by atoms with van der Waals surface area (Å²) >= 11 is 0. The van der Waals surface area contributed by atoms with Crippen LogP contribution in [0.5, 0.6) is 0 Å². The molecule has 0 aliphatic carbocycles. The highest BCUT2D eigenvalue weighted by Crippen LogP contribution is 2.13. The first-order valence-corrected chi connectivity index (χ1v) is 6.51. The minimum Gasteiger partial charge on any atom is -0.311 e. The van der Waals surface area contributed by atoms with E-state index in [-0.39, 0.29) is 0 Å². The highest BCUT2D eigenvalue weighted by Gasteiger charge is 2.23. The second-order valence-electron chi connectivity index (χ2n) is 4.85. The van der Waals surface area contributed by atoms with E-state index in [1.165, 1.54) is 6.42 Å². The highest BCUT2D eigenvalue weighted by atomic mass is 15.2. The van der Waals surface area contributed by atoms with E-state index in [0.29, 0.717) is 6.04 Å². The van der Waals surface area contributed by atoms with Crippen molar-refractivity contribution in [2.45, 2.75) is 32.9 Å². The van der Waals surface area contributed by atoms with Crippen molar-refractivity contribution in [2.24, 2.45) is 5.92 Å². The first kappa shape index (κ1) is 12.5. The van der Waals surface area contributed by atoms with Gasteiger partial charge in [-0.1, -0.05) is 20.3 Å². The molecule has 0 amide bonds. The van der Waals surface area contributed by atoms with E-state index in [4.69, 9.17) is 0 Å². The van der Waals surface area contributed by atoms with Crippen LogP contribution in [0.25, 0.3) is 0 Å². The van der Waals surface area contributed by atoms with Gasteiger partial charge in [0.25, 0.3) is 0 Å². The molecule has 4 heteroatoms. The molecule has 4 nitrogen and oxygen atoms in total. The average molecular weight is 234 g/mol. The van der Waals surface area contributed by atoms with Gasteiger partial charge in [-0.15, -0.1) is 0 Å². The normalized spacial score (nSPS) is 23.5. The number of piperazine rings is 1. The minimum absolute atomic E-state index is 0.609. The molecular weight excluding hydrogens is 212 g/mol. The quantitative estimate of drug-likeness (QED) is 0.852. The third-order valence-electron chi connectivity index (χ3n) is 3.60. The number of nitrogens with zero attached hydrogens (tertiary/aromatic N) is 3. The fourth-order valence-corrected chi connectivity index (χ4v) is 2.26. The van der Waals surface area contributed by atoms with Gasteiger partial charge >= 0.3 is 0 Å². The smallest absolute Gasteiger partial charge is 0.142 e. The molecule has 2 heterocycles. The van der Waals surface area contributed by atoms with Gasteiger partial charge < -0.3 is 5.32 Å². The largest absolute Gasteiger partial charge is 0.311 e. The Labute approximate surface area is 103 Å². The van der Waals surface area contributed by atoms with E-state index in [9.17, 15) is 0 Å². The average Bonchev–Trinajstić information content (AvgIpc) is 2.39. The van der Waals surface area contributed by atoms with Crippen molar-refractivity contribution in [3.8, 4) is 0 Å². The molecule has 1 fully saturated rings. The molecule has 1 aromatic heterocycles. The van der Waals surface area contributed by atoms with Gasteiger partial charge in [0.15, 0.2) is 0 Å².